The second kappa shape index (κ2) is 4.34. The fourth-order valence-corrected chi connectivity index (χ4v) is 3.14. The van der Waals surface area contributed by atoms with Crippen molar-refractivity contribution in [3.8, 4) is 0 Å². The lowest BCUT2D eigenvalue weighted by molar-refractivity contribution is -0.112. The molecule has 1 N–H and O–H groups in total. The summed E-state index contributed by atoms with van der Waals surface area (Å²) in [5.41, 5.74) is 0. The number of rotatable bonds is 3. The van der Waals surface area contributed by atoms with Crippen LogP contribution in [0.3, 0.4) is 0 Å². The van der Waals surface area contributed by atoms with Gasteiger partial charge >= 0.3 is 0 Å². The standard InChI is InChI=1S/C9H13N3O3S/c13-6-8-1-3-12(4-2-8)16(14,15)9-5-10-7-11-9/h5-8H,1-4H2,(H,10,11). The first-order chi connectivity index (χ1) is 7.64. The van der Waals surface area contributed by atoms with Crippen LogP contribution in [0.15, 0.2) is 17.6 Å². The number of nitrogens with one attached hydrogen (secondary N) is 1. The zero-order valence-electron chi connectivity index (χ0n) is 8.67. The molecule has 0 unspecified atom stereocenters. The van der Waals surface area contributed by atoms with Crippen molar-refractivity contribution in [3.05, 3.63) is 12.5 Å². The highest BCUT2D eigenvalue weighted by atomic mass is 32.2. The molecule has 1 aliphatic heterocycles. The van der Waals surface area contributed by atoms with E-state index in [0.29, 0.717) is 25.9 Å². The summed E-state index contributed by atoms with van der Waals surface area (Å²) in [5.74, 6) is -0.00628. The number of hydrogen-bond donors (Lipinski definition) is 1. The minimum atomic E-state index is -3.45. The molecule has 16 heavy (non-hydrogen) atoms. The van der Waals surface area contributed by atoms with Crippen molar-refractivity contribution in [2.24, 2.45) is 5.92 Å². The molecule has 0 bridgehead atoms. The monoisotopic (exact) mass is 243 g/mol. The Hall–Kier alpha value is -1.21. The molecule has 7 heteroatoms. The van der Waals surface area contributed by atoms with E-state index in [1.54, 1.807) is 0 Å². The largest absolute Gasteiger partial charge is 0.335 e. The van der Waals surface area contributed by atoms with Crippen molar-refractivity contribution in [2.75, 3.05) is 13.1 Å². The van der Waals surface area contributed by atoms with Gasteiger partial charge in [0.1, 0.15) is 6.29 Å². The van der Waals surface area contributed by atoms with Crippen LogP contribution in [0.25, 0.3) is 0 Å². The Labute approximate surface area is 93.7 Å². The number of sulfonamides is 1. The summed E-state index contributed by atoms with van der Waals surface area (Å²) in [7, 11) is -3.45. The third-order valence-corrected chi connectivity index (χ3v) is 4.61. The number of piperidine rings is 1. The molecule has 0 spiro atoms. The van der Waals surface area contributed by atoms with Crippen molar-refractivity contribution >= 4 is 16.3 Å². The normalized spacial score (nSPS) is 19.8. The molecule has 0 amide bonds. The van der Waals surface area contributed by atoms with E-state index in [2.05, 4.69) is 9.97 Å². The van der Waals surface area contributed by atoms with Crippen molar-refractivity contribution in [1.82, 2.24) is 14.3 Å². The molecule has 6 nitrogen and oxygen atoms in total. The third kappa shape index (κ3) is 2.00. The summed E-state index contributed by atoms with van der Waals surface area (Å²) in [6.07, 6.45) is 4.72. The summed E-state index contributed by atoms with van der Waals surface area (Å²) < 4.78 is 25.4. The van der Waals surface area contributed by atoms with Crippen molar-refractivity contribution in [1.29, 1.82) is 0 Å². The second-order valence-corrected chi connectivity index (χ2v) is 5.70. The maximum Gasteiger partial charge on any atom is 0.260 e. The van der Waals surface area contributed by atoms with Crippen LogP contribution in [0.5, 0.6) is 0 Å². The number of carbonyl (C=O) groups excluding carboxylic acids is 1. The average molecular weight is 243 g/mol. The summed E-state index contributed by atoms with van der Waals surface area (Å²) in [6, 6.07) is 0. The van der Waals surface area contributed by atoms with Gasteiger partial charge < -0.3 is 9.78 Å². The molecule has 0 saturated carbocycles. The van der Waals surface area contributed by atoms with E-state index in [1.807, 2.05) is 0 Å². The molecule has 0 aliphatic carbocycles. The van der Waals surface area contributed by atoms with E-state index in [0.717, 1.165) is 6.29 Å². The van der Waals surface area contributed by atoms with Gasteiger partial charge in [0.2, 0.25) is 0 Å². The summed E-state index contributed by atoms with van der Waals surface area (Å²) >= 11 is 0. The maximum atomic E-state index is 12.0. The molecule has 1 fully saturated rings. The zero-order chi connectivity index (χ0) is 11.6. The van der Waals surface area contributed by atoms with Crippen molar-refractivity contribution in [3.63, 3.8) is 0 Å². The Bertz CT molecular complexity index is 446. The van der Waals surface area contributed by atoms with Gasteiger partial charge in [0.15, 0.2) is 5.03 Å². The number of carbonyl (C=O) groups is 1. The number of hydrogen-bond acceptors (Lipinski definition) is 4. The van der Waals surface area contributed by atoms with E-state index in [1.165, 1.54) is 16.8 Å². The lowest BCUT2D eigenvalue weighted by Gasteiger charge is -2.28. The van der Waals surface area contributed by atoms with E-state index in [9.17, 15) is 13.2 Å². The van der Waals surface area contributed by atoms with Crippen LogP contribution >= 0.6 is 0 Å². The first kappa shape index (κ1) is 11.3. The Morgan fingerprint density at radius 3 is 2.62 bits per heavy atom. The molecule has 2 rings (SSSR count). The topological polar surface area (TPSA) is 83.1 Å². The van der Waals surface area contributed by atoms with Gasteiger partial charge in [0.05, 0.1) is 12.5 Å². The van der Waals surface area contributed by atoms with E-state index in [4.69, 9.17) is 0 Å². The fourth-order valence-electron chi connectivity index (χ4n) is 1.78. The predicted octanol–water partition coefficient (Wildman–Crippen LogP) is 0.00930. The SMILES string of the molecule is O=CC1CCN(S(=O)(=O)c2cnc[nH]2)CC1. The lowest BCUT2D eigenvalue weighted by Crippen LogP contribution is -2.38. The van der Waals surface area contributed by atoms with Gasteiger partial charge in [0.25, 0.3) is 10.0 Å². The van der Waals surface area contributed by atoms with Gasteiger partial charge in [0, 0.05) is 19.0 Å². The van der Waals surface area contributed by atoms with Crippen LogP contribution in [0, 0.1) is 5.92 Å². The Morgan fingerprint density at radius 1 is 1.44 bits per heavy atom. The van der Waals surface area contributed by atoms with Crippen LogP contribution in [0.2, 0.25) is 0 Å². The minimum absolute atomic E-state index is 0.00628. The molecule has 1 saturated heterocycles. The number of aldehydes is 1. The van der Waals surface area contributed by atoms with Crippen molar-refractivity contribution < 1.29 is 13.2 Å². The molecule has 88 valence electrons. The van der Waals surface area contributed by atoms with E-state index in [-0.39, 0.29) is 10.9 Å². The minimum Gasteiger partial charge on any atom is -0.335 e. The molecule has 0 aromatic carbocycles. The van der Waals surface area contributed by atoms with Gasteiger partial charge in [-0.05, 0) is 12.8 Å². The quantitative estimate of drug-likeness (QED) is 0.758. The fraction of sp³-hybridized carbons (Fsp3) is 0.556. The zero-order valence-corrected chi connectivity index (χ0v) is 9.48. The molecule has 1 aliphatic rings. The van der Waals surface area contributed by atoms with Crippen LogP contribution in [-0.4, -0.2) is 42.1 Å². The molecule has 1 aromatic rings. The number of aromatic nitrogens is 2. The predicted molar refractivity (Wildman–Crippen MR) is 56.1 cm³/mol. The summed E-state index contributed by atoms with van der Waals surface area (Å²) in [6.45, 7) is 0.787. The number of nitrogens with zero attached hydrogens (tertiary/aromatic N) is 2. The van der Waals surface area contributed by atoms with Gasteiger partial charge in [-0.25, -0.2) is 13.4 Å². The third-order valence-electron chi connectivity index (χ3n) is 2.78. The first-order valence-corrected chi connectivity index (χ1v) is 6.52. The van der Waals surface area contributed by atoms with Gasteiger partial charge in [-0.2, -0.15) is 4.31 Å². The highest BCUT2D eigenvalue weighted by molar-refractivity contribution is 7.89. The molecular formula is C9H13N3O3S. The number of imidazole rings is 1. The molecular weight excluding hydrogens is 230 g/mol. The number of aromatic amines is 1. The van der Waals surface area contributed by atoms with E-state index < -0.39 is 10.0 Å². The highest BCUT2D eigenvalue weighted by Gasteiger charge is 2.29. The van der Waals surface area contributed by atoms with Crippen LogP contribution in [0.4, 0.5) is 0 Å². The van der Waals surface area contributed by atoms with E-state index >= 15 is 0 Å². The van der Waals surface area contributed by atoms with Crippen molar-refractivity contribution in [2.45, 2.75) is 17.9 Å². The van der Waals surface area contributed by atoms with Gasteiger partial charge in [-0.1, -0.05) is 0 Å². The Kier molecular flexibility index (Phi) is 3.06. The summed E-state index contributed by atoms with van der Waals surface area (Å²) in [5, 5.41) is 0.108. The smallest absolute Gasteiger partial charge is 0.260 e. The highest BCUT2D eigenvalue weighted by Crippen LogP contribution is 2.21. The Balaban J connectivity index is 2.12. The number of H-pyrrole nitrogens is 1. The lowest BCUT2D eigenvalue weighted by atomic mass is 10.0. The first-order valence-electron chi connectivity index (χ1n) is 5.08. The molecule has 0 radical (unpaired) electrons. The molecule has 1 aromatic heterocycles. The average Bonchev–Trinajstić information content (AvgIpc) is 2.83. The molecule has 0 atom stereocenters. The van der Waals surface area contributed by atoms with Gasteiger partial charge in [-0.15, -0.1) is 0 Å². The van der Waals surface area contributed by atoms with Gasteiger partial charge in [-0.3, -0.25) is 0 Å². The van der Waals surface area contributed by atoms with Crippen LogP contribution in [0.1, 0.15) is 12.8 Å². The maximum absolute atomic E-state index is 12.0. The van der Waals surface area contributed by atoms with Crippen LogP contribution < -0.4 is 0 Å². The van der Waals surface area contributed by atoms with Crippen LogP contribution in [-0.2, 0) is 14.8 Å². The second-order valence-electron chi connectivity index (χ2n) is 3.79. The molecule has 2 heterocycles. The Morgan fingerprint density at radius 2 is 2.12 bits per heavy atom. The summed E-state index contributed by atoms with van der Waals surface area (Å²) in [4.78, 5) is 16.8.